The molecular weight excluding hydrogens is 422 g/mol. The number of nitrogens with one attached hydrogen (secondary N) is 1. The molecule has 2 aromatic rings. The smallest absolute Gasteiger partial charge is 0.230 e. The summed E-state index contributed by atoms with van der Waals surface area (Å²) in [6, 6.07) is 16.0. The van der Waals surface area contributed by atoms with Gasteiger partial charge >= 0.3 is 0 Å². The first-order valence-corrected chi connectivity index (χ1v) is 12.3. The van der Waals surface area contributed by atoms with Crippen molar-refractivity contribution in [3.63, 3.8) is 0 Å². The maximum Gasteiger partial charge on any atom is 0.230 e. The van der Waals surface area contributed by atoms with Gasteiger partial charge in [0.25, 0.3) is 0 Å². The van der Waals surface area contributed by atoms with Crippen molar-refractivity contribution in [1.29, 1.82) is 0 Å². The van der Waals surface area contributed by atoms with E-state index in [2.05, 4.69) is 51.8 Å². The molecule has 0 unspecified atom stereocenters. The average molecular weight is 466 g/mol. The van der Waals surface area contributed by atoms with Crippen molar-refractivity contribution in [3.05, 3.63) is 59.7 Å². The zero-order valence-corrected chi connectivity index (χ0v) is 22.3. The van der Waals surface area contributed by atoms with Crippen LogP contribution in [0.3, 0.4) is 0 Å². The van der Waals surface area contributed by atoms with Gasteiger partial charge in [-0.15, -0.1) is 0 Å². The van der Waals surface area contributed by atoms with Crippen LogP contribution in [0.5, 0.6) is 0 Å². The van der Waals surface area contributed by atoms with E-state index in [0.717, 1.165) is 28.9 Å². The van der Waals surface area contributed by atoms with Crippen molar-refractivity contribution in [3.8, 4) is 0 Å². The molecule has 5 heteroatoms. The number of hydrogen-bond donors (Lipinski definition) is 1. The van der Waals surface area contributed by atoms with Crippen molar-refractivity contribution in [2.24, 2.45) is 11.3 Å². The molecule has 0 bridgehead atoms. The van der Waals surface area contributed by atoms with Gasteiger partial charge in [-0.1, -0.05) is 71.9 Å². The summed E-state index contributed by atoms with van der Waals surface area (Å²) in [7, 11) is 4.01. The van der Waals surface area contributed by atoms with Crippen LogP contribution in [0.2, 0.25) is 0 Å². The number of amides is 2. The van der Waals surface area contributed by atoms with Crippen LogP contribution in [-0.4, -0.2) is 37.4 Å². The molecule has 2 rings (SSSR count). The lowest BCUT2D eigenvalue weighted by molar-refractivity contribution is -0.134. The largest absolute Gasteiger partial charge is 0.377 e. The Balaban J connectivity index is 2.37. The van der Waals surface area contributed by atoms with Crippen molar-refractivity contribution >= 4 is 23.2 Å². The van der Waals surface area contributed by atoms with Crippen molar-refractivity contribution < 1.29 is 9.59 Å². The molecule has 0 saturated heterocycles. The minimum absolute atomic E-state index is 0.00120. The molecule has 0 radical (unpaired) electrons. The van der Waals surface area contributed by atoms with Crippen LogP contribution in [0.25, 0.3) is 0 Å². The number of benzene rings is 2. The van der Waals surface area contributed by atoms with Crippen LogP contribution in [0, 0.1) is 11.3 Å². The average Bonchev–Trinajstić information content (AvgIpc) is 2.72. The first-order valence-electron chi connectivity index (χ1n) is 12.3. The van der Waals surface area contributed by atoms with E-state index in [9.17, 15) is 9.59 Å². The molecule has 0 heterocycles. The minimum Gasteiger partial charge on any atom is -0.377 e. The molecule has 0 aromatic heterocycles. The van der Waals surface area contributed by atoms with Gasteiger partial charge in [0, 0.05) is 45.0 Å². The highest BCUT2D eigenvalue weighted by Crippen LogP contribution is 2.29. The van der Waals surface area contributed by atoms with Gasteiger partial charge in [-0.3, -0.25) is 9.59 Å². The van der Waals surface area contributed by atoms with Crippen LogP contribution in [0.15, 0.2) is 48.5 Å². The lowest BCUT2D eigenvalue weighted by atomic mass is 9.92. The number of hydrogen-bond acceptors (Lipinski definition) is 3. The summed E-state index contributed by atoms with van der Waals surface area (Å²) in [5.41, 5.74) is 3.81. The highest BCUT2D eigenvalue weighted by atomic mass is 16.2. The van der Waals surface area contributed by atoms with E-state index in [1.165, 1.54) is 0 Å². The van der Waals surface area contributed by atoms with Gasteiger partial charge in [0.2, 0.25) is 11.8 Å². The Morgan fingerprint density at radius 1 is 1.00 bits per heavy atom. The molecule has 1 N–H and O–H groups in total. The molecule has 0 saturated carbocycles. The van der Waals surface area contributed by atoms with Gasteiger partial charge in [0.15, 0.2) is 0 Å². The highest BCUT2D eigenvalue weighted by Gasteiger charge is 2.26. The first-order chi connectivity index (χ1) is 15.9. The van der Waals surface area contributed by atoms with Crippen LogP contribution in [-0.2, 0) is 16.1 Å². The molecule has 0 aliphatic rings. The Morgan fingerprint density at radius 3 is 2.18 bits per heavy atom. The predicted octanol–water partition coefficient (Wildman–Crippen LogP) is 6.31. The lowest BCUT2D eigenvalue weighted by Gasteiger charge is -2.30. The Bertz CT molecular complexity index is 946. The van der Waals surface area contributed by atoms with E-state index < -0.39 is 0 Å². The fraction of sp³-hybridized carbons (Fsp3) is 0.517. The molecule has 0 aliphatic heterocycles. The summed E-state index contributed by atoms with van der Waals surface area (Å²) in [4.78, 5) is 30.3. The monoisotopic (exact) mass is 465 g/mol. The topological polar surface area (TPSA) is 52.7 Å². The third-order valence-electron chi connectivity index (χ3n) is 5.70. The van der Waals surface area contributed by atoms with E-state index in [4.69, 9.17) is 0 Å². The molecule has 186 valence electrons. The number of anilines is 2. The molecule has 2 amide bonds. The second-order valence-corrected chi connectivity index (χ2v) is 11.0. The fourth-order valence-corrected chi connectivity index (χ4v) is 4.25. The standard InChI is InChI=1S/C29H43N3O2/c1-9-25(22-13-11-10-12-14-22)28(34)32(19-21(2)3)20-23-17-24(15-16-26(23)31(7)8)30-27(33)18-29(4,5)6/h10-17,21,25H,9,18-20H2,1-8H3,(H,30,33)/t25-/m0/s1. The van der Waals surface area contributed by atoms with Crippen LogP contribution in [0.4, 0.5) is 11.4 Å². The normalized spacial score (nSPS) is 12.4. The number of carbonyl (C=O) groups excluding carboxylic acids is 2. The highest BCUT2D eigenvalue weighted by molar-refractivity contribution is 5.91. The molecule has 5 nitrogen and oxygen atoms in total. The number of rotatable bonds is 10. The third kappa shape index (κ3) is 8.19. The summed E-state index contributed by atoms with van der Waals surface area (Å²) >= 11 is 0. The molecule has 1 atom stereocenters. The summed E-state index contributed by atoms with van der Waals surface area (Å²) in [6.45, 7) is 13.7. The summed E-state index contributed by atoms with van der Waals surface area (Å²) in [6.07, 6.45) is 1.20. The van der Waals surface area contributed by atoms with Crippen LogP contribution in [0.1, 0.15) is 71.4 Å². The SMILES string of the molecule is CC[C@H](C(=O)N(Cc1cc(NC(=O)CC(C)(C)C)ccc1N(C)C)CC(C)C)c1ccccc1. The Kier molecular flexibility index (Phi) is 9.72. The zero-order valence-electron chi connectivity index (χ0n) is 22.3. The maximum atomic E-state index is 13.8. The van der Waals surface area contributed by atoms with E-state index in [1.807, 2.05) is 67.5 Å². The molecule has 34 heavy (non-hydrogen) atoms. The van der Waals surface area contributed by atoms with Gasteiger partial charge < -0.3 is 15.1 Å². The second-order valence-electron chi connectivity index (χ2n) is 11.0. The Labute approximate surface area is 206 Å². The van der Waals surface area contributed by atoms with E-state index >= 15 is 0 Å². The number of nitrogens with zero attached hydrogens (tertiary/aromatic N) is 2. The fourth-order valence-electron chi connectivity index (χ4n) is 4.25. The molecular formula is C29H43N3O2. The van der Waals surface area contributed by atoms with Gasteiger partial charge in [0.05, 0.1) is 5.92 Å². The number of carbonyl (C=O) groups is 2. The van der Waals surface area contributed by atoms with Gasteiger partial charge in [-0.2, -0.15) is 0 Å². The van der Waals surface area contributed by atoms with Crippen molar-refractivity contribution in [1.82, 2.24) is 4.90 Å². The van der Waals surface area contributed by atoms with E-state index in [1.54, 1.807) is 0 Å². The van der Waals surface area contributed by atoms with Gasteiger partial charge in [0.1, 0.15) is 0 Å². The molecule has 0 aliphatic carbocycles. The second kappa shape index (κ2) is 12.0. The Morgan fingerprint density at radius 2 is 1.65 bits per heavy atom. The Hall–Kier alpha value is -2.82. The quantitative estimate of drug-likeness (QED) is 0.448. The summed E-state index contributed by atoms with van der Waals surface area (Å²) in [5.74, 6) is 0.322. The lowest BCUT2D eigenvalue weighted by Crippen LogP contribution is -2.37. The van der Waals surface area contributed by atoms with Crippen LogP contribution < -0.4 is 10.2 Å². The first kappa shape index (κ1) is 27.4. The van der Waals surface area contributed by atoms with Gasteiger partial charge in [-0.05, 0) is 47.1 Å². The molecule has 0 fully saturated rings. The third-order valence-corrected chi connectivity index (χ3v) is 5.70. The van der Waals surface area contributed by atoms with E-state index in [0.29, 0.717) is 25.4 Å². The van der Waals surface area contributed by atoms with Crippen molar-refractivity contribution in [2.45, 2.75) is 66.8 Å². The zero-order chi connectivity index (χ0) is 25.5. The maximum absolute atomic E-state index is 13.8. The molecule has 0 spiro atoms. The summed E-state index contributed by atoms with van der Waals surface area (Å²) in [5, 5.41) is 3.05. The molecule has 2 aromatic carbocycles. The van der Waals surface area contributed by atoms with Crippen LogP contribution >= 0.6 is 0 Å². The minimum atomic E-state index is -0.169. The van der Waals surface area contributed by atoms with Gasteiger partial charge in [-0.25, -0.2) is 0 Å². The van der Waals surface area contributed by atoms with E-state index in [-0.39, 0.29) is 23.1 Å². The predicted molar refractivity (Wildman–Crippen MR) is 143 cm³/mol. The van der Waals surface area contributed by atoms with Crippen molar-refractivity contribution in [2.75, 3.05) is 30.9 Å². The summed E-state index contributed by atoms with van der Waals surface area (Å²) < 4.78 is 0.